The highest BCUT2D eigenvalue weighted by molar-refractivity contribution is 5.49. The molecular formula is C16H22N4O2. The maximum absolute atomic E-state index is 9.35. The van der Waals surface area contributed by atoms with Gasteiger partial charge in [0.15, 0.2) is 5.82 Å². The first kappa shape index (κ1) is 14.8. The molecule has 0 bridgehead atoms. The molecule has 3 rings (SSSR count). The third kappa shape index (κ3) is 3.57. The van der Waals surface area contributed by atoms with Gasteiger partial charge in [-0.15, -0.1) is 0 Å². The van der Waals surface area contributed by atoms with Gasteiger partial charge in [-0.3, -0.25) is 4.90 Å². The second-order valence-corrected chi connectivity index (χ2v) is 5.63. The molecule has 1 aliphatic heterocycles. The predicted octanol–water partition coefficient (Wildman–Crippen LogP) is 2.05. The molecule has 0 radical (unpaired) electrons. The number of nitrogens with zero attached hydrogens (tertiary/aromatic N) is 4. The Kier molecular flexibility index (Phi) is 4.58. The van der Waals surface area contributed by atoms with Gasteiger partial charge in [0.25, 0.3) is 0 Å². The van der Waals surface area contributed by atoms with Crippen LogP contribution in [-0.4, -0.2) is 46.3 Å². The first-order valence-electron chi connectivity index (χ1n) is 7.82. The van der Waals surface area contributed by atoms with Gasteiger partial charge in [0, 0.05) is 38.3 Å². The Balaban J connectivity index is 1.51. The molecule has 0 unspecified atom stereocenters. The lowest BCUT2D eigenvalue weighted by molar-refractivity contribution is 0.240. The molecule has 1 saturated heterocycles. The van der Waals surface area contributed by atoms with E-state index >= 15 is 0 Å². The molecular weight excluding hydrogens is 280 g/mol. The van der Waals surface area contributed by atoms with E-state index in [-0.39, 0.29) is 0 Å². The number of aromatic nitrogens is 2. The Morgan fingerprint density at radius 1 is 1.14 bits per heavy atom. The van der Waals surface area contributed by atoms with Gasteiger partial charge < -0.3 is 14.5 Å². The summed E-state index contributed by atoms with van der Waals surface area (Å²) in [6, 6.07) is 7.38. The maximum Gasteiger partial charge on any atom is 0.226 e. The van der Waals surface area contributed by atoms with Crippen LogP contribution in [0.2, 0.25) is 0 Å². The van der Waals surface area contributed by atoms with E-state index in [1.807, 2.05) is 12.1 Å². The Labute approximate surface area is 130 Å². The molecule has 22 heavy (non-hydrogen) atoms. The summed E-state index contributed by atoms with van der Waals surface area (Å²) < 4.78 is 5.23. The number of phenols is 1. The van der Waals surface area contributed by atoms with Crippen molar-refractivity contribution in [1.29, 1.82) is 0 Å². The van der Waals surface area contributed by atoms with Crippen LogP contribution >= 0.6 is 0 Å². The quantitative estimate of drug-likeness (QED) is 0.912. The van der Waals surface area contributed by atoms with Gasteiger partial charge in [-0.2, -0.15) is 4.98 Å². The third-order valence-electron chi connectivity index (χ3n) is 3.93. The molecule has 1 aliphatic rings. The number of hydrogen-bond donors (Lipinski definition) is 1. The summed E-state index contributed by atoms with van der Waals surface area (Å²) in [6.45, 7) is 6.72. The van der Waals surface area contributed by atoms with E-state index in [1.165, 1.54) is 0 Å². The van der Waals surface area contributed by atoms with Gasteiger partial charge >= 0.3 is 0 Å². The number of rotatable bonds is 5. The number of anilines is 1. The van der Waals surface area contributed by atoms with Crippen LogP contribution in [0.1, 0.15) is 25.1 Å². The Bertz CT molecular complexity index is 588. The van der Waals surface area contributed by atoms with E-state index in [2.05, 4.69) is 26.9 Å². The van der Waals surface area contributed by atoms with Gasteiger partial charge in [-0.05, 0) is 30.7 Å². The topological polar surface area (TPSA) is 65.6 Å². The van der Waals surface area contributed by atoms with Crippen molar-refractivity contribution in [3.05, 3.63) is 36.0 Å². The predicted molar refractivity (Wildman–Crippen MR) is 83.9 cm³/mol. The number of aryl methyl sites for hydroxylation is 1. The van der Waals surface area contributed by atoms with Crippen LogP contribution in [-0.2, 0) is 13.0 Å². The molecule has 0 atom stereocenters. The summed E-state index contributed by atoms with van der Waals surface area (Å²) in [4.78, 5) is 9.09. The third-order valence-corrected chi connectivity index (χ3v) is 3.93. The second-order valence-electron chi connectivity index (χ2n) is 5.63. The molecule has 1 aromatic carbocycles. The standard InChI is InChI=1S/C16H22N4O2/c1-2-3-16-17-15(18-22-16)12-19-8-10-20(11-9-19)13-4-6-14(21)7-5-13/h4-7,21H,2-3,8-12H2,1H3. The minimum atomic E-state index is 0.308. The smallest absolute Gasteiger partial charge is 0.226 e. The van der Waals surface area contributed by atoms with Crippen molar-refractivity contribution < 1.29 is 9.63 Å². The molecule has 6 nitrogen and oxygen atoms in total. The molecule has 1 fully saturated rings. The number of hydrogen-bond acceptors (Lipinski definition) is 6. The number of piperazine rings is 1. The Morgan fingerprint density at radius 2 is 1.86 bits per heavy atom. The van der Waals surface area contributed by atoms with Gasteiger partial charge in [0.1, 0.15) is 5.75 Å². The largest absolute Gasteiger partial charge is 0.508 e. The van der Waals surface area contributed by atoms with Crippen LogP contribution < -0.4 is 4.90 Å². The molecule has 6 heteroatoms. The molecule has 2 aromatic rings. The van der Waals surface area contributed by atoms with Crippen LogP contribution in [0.5, 0.6) is 5.75 Å². The van der Waals surface area contributed by atoms with Crippen LogP contribution in [0.4, 0.5) is 5.69 Å². The summed E-state index contributed by atoms with van der Waals surface area (Å²) in [5.74, 6) is 1.82. The molecule has 0 saturated carbocycles. The highest BCUT2D eigenvalue weighted by Gasteiger charge is 2.19. The molecule has 0 amide bonds. The summed E-state index contributed by atoms with van der Waals surface area (Å²) in [7, 11) is 0. The normalized spacial score (nSPS) is 16.1. The van der Waals surface area contributed by atoms with Crippen LogP contribution in [0, 0.1) is 0 Å². The fraction of sp³-hybridized carbons (Fsp3) is 0.500. The zero-order valence-electron chi connectivity index (χ0n) is 12.9. The van der Waals surface area contributed by atoms with Gasteiger partial charge in [-0.1, -0.05) is 12.1 Å². The first-order chi connectivity index (χ1) is 10.7. The number of benzene rings is 1. The minimum Gasteiger partial charge on any atom is -0.508 e. The van der Waals surface area contributed by atoms with E-state index in [0.29, 0.717) is 5.75 Å². The molecule has 1 aromatic heterocycles. The van der Waals surface area contributed by atoms with Crippen molar-refractivity contribution in [3.63, 3.8) is 0 Å². The van der Waals surface area contributed by atoms with Crippen LogP contribution in [0.25, 0.3) is 0 Å². The van der Waals surface area contributed by atoms with E-state index in [4.69, 9.17) is 4.52 Å². The number of aromatic hydroxyl groups is 1. The van der Waals surface area contributed by atoms with Crippen molar-refractivity contribution >= 4 is 5.69 Å². The maximum atomic E-state index is 9.35. The average Bonchev–Trinajstić information content (AvgIpc) is 2.97. The molecule has 1 N–H and O–H groups in total. The fourth-order valence-electron chi connectivity index (χ4n) is 2.70. The van der Waals surface area contributed by atoms with Crippen molar-refractivity contribution in [2.45, 2.75) is 26.3 Å². The van der Waals surface area contributed by atoms with Crippen LogP contribution in [0.3, 0.4) is 0 Å². The lowest BCUT2D eigenvalue weighted by Gasteiger charge is -2.35. The summed E-state index contributed by atoms with van der Waals surface area (Å²) in [6.07, 6.45) is 1.87. The Hall–Kier alpha value is -2.08. The van der Waals surface area contributed by atoms with Crippen molar-refractivity contribution in [1.82, 2.24) is 15.0 Å². The van der Waals surface area contributed by atoms with Crippen molar-refractivity contribution in [2.24, 2.45) is 0 Å². The number of phenolic OH excluding ortho intramolecular Hbond substituents is 1. The van der Waals surface area contributed by atoms with E-state index < -0.39 is 0 Å². The lowest BCUT2D eigenvalue weighted by Crippen LogP contribution is -2.46. The van der Waals surface area contributed by atoms with Gasteiger partial charge in [-0.25, -0.2) is 0 Å². The van der Waals surface area contributed by atoms with Crippen LogP contribution in [0.15, 0.2) is 28.8 Å². The summed E-state index contributed by atoms with van der Waals surface area (Å²) >= 11 is 0. The fourth-order valence-corrected chi connectivity index (χ4v) is 2.70. The Morgan fingerprint density at radius 3 is 2.55 bits per heavy atom. The molecule has 0 spiro atoms. The van der Waals surface area contributed by atoms with E-state index in [9.17, 15) is 5.11 Å². The SMILES string of the molecule is CCCc1nc(CN2CCN(c3ccc(O)cc3)CC2)no1. The molecule has 118 valence electrons. The highest BCUT2D eigenvalue weighted by Crippen LogP contribution is 2.20. The minimum absolute atomic E-state index is 0.308. The zero-order chi connectivity index (χ0) is 15.4. The van der Waals surface area contributed by atoms with E-state index in [0.717, 1.165) is 63.0 Å². The monoisotopic (exact) mass is 302 g/mol. The lowest BCUT2D eigenvalue weighted by atomic mass is 10.2. The average molecular weight is 302 g/mol. The summed E-state index contributed by atoms with van der Waals surface area (Å²) in [5.41, 5.74) is 1.15. The van der Waals surface area contributed by atoms with Gasteiger partial charge in [0.05, 0.1) is 6.54 Å². The first-order valence-corrected chi connectivity index (χ1v) is 7.82. The summed E-state index contributed by atoms with van der Waals surface area (Å²) in [5, 5.41) is 13.4. The zero-order valence-corrected chi connectivity index (χ0v) is 12.9. The molecule has 0 aliphatic carbocycles. The van der Waals surface area contributed by atoms with Crippen molar-refractivity contribution in [2.75, 3.05) is 31.1 Å². The van der Waals surface area contributed by atoms with Gasteiger partial charge in [0.2, 0.25) is 5.89 Å². The molecule has 2 heterocycles. The second kappa shape index (κ2) is 6.79. The highest BCUT2D eigenvalue weighted by atomic mass is 16.5. The van der Waals surface area contributed by atoms with E-state index in [1.54, 1.807) is 12.1 Å². The van der Waals surface area contributed by atoms with Crippen molar-refractivity contribution in [3.8, 4) is 5.75 Å².